The summed E-state index contributed by atoms with van der Waals surface area (Å²) in [5, 5.41) is 1.25. The predicted octanol–water partition coefficient (Wildman–Crippen LogP) is 3.48. The van der Waals surface area contributed by atoms with Gasteiger partial charge in [-0.25, -0.2) is 0 Å². The molecule has 0 radical (unpaired) electrons. The van der Waals surface area contributed by atoms with Crippen LogP contribution in [-0.2, 0) is 11.3 Å². The average molecular weight is 258 g/mol. The summed E-state index contributed by atoms with van der Waals surface area (Å²) >= 11 is 11.2. The smallest absolute Gasteiger partial charge is 0.259 e. The van der Waals surface area contributed by atoms with Gasteiger partial charge in [-0.05, 0) is 32.1 Å². The van der Waals surface area contributed by atoms with Crippen molar-refractivity contribution in [2.24, 2.45) is 0 Å². The monoisotopic (exact) mass is 257 g/mol. The molecule has 0 heterocycles. The molecule has 0 amide bonds. The number of halogens is 1. The van der Waals surface area contributed by atoms with Gasteiger partial charge in [0.25, 0.3) is 5.17 Å². The highest BCUT2D eigenvalue weighted by Gasteiger charge is 2.07. The van der Waals surface area contributed by atoms with Gasteiger partial charge in [0.05, 0.1) is 0 Å². The van der Waals surface area contributed by atoms with Gasteiger partial charge >= 0.3 is 0 Å². The molecule has 0 aliphatic carbocycles. The zero-order valence-corrected chi connectivity index (χ0v) is 11.1. The van der Waals surface area contributed by atoms with Gasteiger partial charge < -0.3 is 9.64 Å². The average Bonchev–Trinajstić information content (AvgIpc) is 2.29. The van der Waals surface area contributed by atoms with Crippen LogP contribution in [0, 0.1) is 0 Å². The van der Waals surface area contributed by atoms with Crippen LogP contribution in [0.2, 0.25) is 5.02 Å². The van der Waals surface area contributed by atoms with Crippen molar-refractivity contribution in [3.63, 3.8) is 0 Å². The third-order valence-electron chi connectivity index (χ3n) is 2.33. The molecule has 1 aromatic rings. The fourth-order valence-corrected chi connectivity index (χ4v) is 1.84. The van der Waals surface area contributed by atoms with E-state index < -0.39 is 0 Å². The van der Waals surface area contributed by atoms with Gasteiger partial charge in [0.15, 0.2) is 0 Å². The Bertz CT molecular complexity index is 353. The van der Waals surface area contributed by atoms with Gasteiger partial charge in [-0.1, -0.05) is 29.8 Å². The van der Waals surface area contributed by atoms with Crippen molar-refractivity contribution in [2.75, 3.05) is 13.1 Å². The first kappa shape index (κ1) is 13.3. The summed E-state index contributed by atoms with van der Waals surface area (Å²) in [5.41, 5.74) is 0.957. The molecule has 0 saturated heterocycles. The van der Waals surface area contributed by atoms with Crippen LogP contribution in [0.25, 0.3) is 0 Å². The molecule has 88 valence electrons. The minimum absolute atomic E-state index is 0.426. The minimum atomic E-state index is 0.426. The Morgan fingerprint density at radius 1 is 1.31 bits per heavy atom. The quantitative estimate of drug-likeness (QED) is 0.767. The first-order valence-corrected chi connectivity index (χ1v) is 6.12. The summed E-state index contributed by atoms with van der Waals surface area (Å²) in [7, 11) is 0. The molecule has 1 aromatic carbocycles. The topological polar surface area (TPSA) is 12.5 Å². The van der Waals surface area contributed by atoms with Gasteiger partial charge in [-0.15, -0.1) is 0 Å². The lowest BCUT2D eigenvalue weighted by Crippen LogP contribution is -2.30. The van der Waals surface area contributed by atoms with Gasteiger partial charge in [0.1, 0.15) is 6.61 Å². The maximum absolute atomic E-state index is 6.02. The minimum Gasteiger partial charge on any atom is -0.466 e. The Morgan fingerprint density at radius 2 is 1.94 bits per heavy atom. The molecule has 0 spiro atoms. The number of rotatable bonds is 4. The maximum Gasteiger partial charge on any atom is 0.259 e. The van der Waals surface area contributed by atoms with Gasteiger partial charge in [-0.2, -0.15) is 0 Å². The van der Waals surface area contributed by atoms with Crippen molar-refractivity contribution in [3.05, 3.63) is 34.9 Å². The zero-order chi connectivity index (χ0) is 12.0. The van der Waals surface area contributed by atoms with E-state index in [0.717, 1.165) is 18.7 Å². The second-order valence-electron chi connectivity index (χ2n) is 3.32. The molecule has 0 atom stereocenters. The van der Waals surface area contributed by atoms with E-state index in [-0.39, 0.29) is 0 Å². The van der Waals surface area contributed by atoms with Crippen molar-refractivity contribution >= 4 is 29.0 Å². The highest BCUT2D eigenvalue weighted by Crippen LogP contribution is 2.16. The summed E-state index contributed by atoms with van der Waals surface area (Å²) in [6.45, 7) is 6.24. The fraction of sp³-hybridized carbons (Fsp3) is 0.417. The summed E-state index contributed by atoms with van der Waals surface area (Å²) in [5.74, 6) is 0. The fourth-order valence-electron chi connectivity index (χ4n) is 1.33. The number of hydrogen-bond donors (Lipinski definition) is 0. The molecule has 0 aromatic heterocycles. The highest BCUT2D eigenvalue weighted by atomic mass is 35.5. The lowest BCUT2D eigenvalue weighted by Gasteiger charge is -2.21. The molecule has 0 fully saturated rings. The first-order chi connectivity index (χ1) is 7.69. The van der Waals surface area contributed by atoms with Crippen LogP contribution in [0.5, 0.6) is 0 Å². The molecule has 1 rings (SSSR count). The lowest BCUT2D eigenvalue weighted by molar-refractivity contribution is 0.238. The van der Waals surface area contributed by atoms with Crippen LogP contribution >= 0.6 is 23.8 Å². The van der Waals surface area contributed by atoms with Crippen molar-refractivity contribution in [3.8, 4) is 0 Å². The standard InChI is InChI=1S/C12H16ClNOS/c1-3-14(4-2)12(16)15-9-10-7-5-6-8-11(10)13/h5-8H,3-4,9H2,1-2H3. The largest absolute Gasteiger partial charge is 0.466 e. The Labute approximate surface area is 107 Å². The van der Waals surface area contributed by atoms with E-state index in [4.69, 9.17) is 28.6 Å². The SMILES string of the molecule is CCN(CC)C(=S)OCc1ccccc1Cl. The van der Waals surface area contributed by atoms with Crippen LogP contribution in [0.15, 0.2) is 24.3 Å². The molecular formula is C12H16ClNOS. The van der Waals surface area contributed by atoms with Crippen molar-refractivity contribution in [2.45, 2.75) is 20.5 Å². The van der Waals surface area contributed by atoms with Crippen LogP contribution in [-0.4, -0.2) is 23.2 Å². The molecule has 0 unspecified atom stereocenters. The molecular weight excluding hydrogens is 242 g/mol. The normalized spacial score (nSPS) is 9.94. The van der Waals surface area contributed by atoms with Crippen LogP contribution in [0.3, 0.4) is 0 Å². The molecule has 0 saturated carbocycles. The number of nitrogens with zero attached hydrogens (tertiary/aromatic N) is 1. The molecule has 0 bridgehead atoms. The summed E-state index contributed by atoms with van der Waals surface area (Å²) in [6.07, 6.45) is 0. The predicted molar refractivity (Wildman–Crippen MR) is 71.8 cm³/mol. The van der Waals surface area contributed by atoms with Crippen molar-refractivity contribution < 1.29 is 4.74 Å². The van der Waals surface area contributed by atoms with E-state index in [1.807, 2.05) is 29.2 Å². The Hall–Kier alpha value is -0.800. The highest BCUT2D eigenvalue weighted by molar-refractivity contribution is 7.80. The van der Waals surface area contributed by atoms with Crippen molar-refractivity contribution in [1.29, 1.82) is 0 Å². The van der Waals surface area contributed by atoms with E-state index in [9.17, 15) is 0 Å². The lowest BCUT2D eigenvalue weighted by atomic mass is 10.2. The summed E-state index contributed by atoms with van der Waals surface area (Å²) < 4.78 is 5.53. The van der Waals surface area contributed by atoms with Crippen molar-refractivity contribution in [1.82, 2.24) is 4.90 Å². The molecule has 0 aliphatic rings. The number of thiocarbonyl (C=S) groups is 1. The van der Waals surface area contributed by atoms with Gasteiger partial charge in [0, 0.05) is 23.7 Å². The van der Waals surface area contributed by atoms with Crippen LogP contribution in [0.4, 0.5) is 0 Å². The molecule has 16 heavy (non-hydrogen) atoms. The molecule has 4 heteroatoms. The Kier molecular flexibility index (Phi) is 5.56. The Morgan fingerprint density at radius 3 is 2.50 bits per heavy atom. The number of benzene rings is 1. The van der Waals surface area contributed by atoms with E-state index in [2.05, 4.69) is 13.8 Å². The molecule has 0 aliphatic heterocycles. The number of ether oxygens (including phenoxy) is 1. The zero-order valence-electron chi connectivity index (χ0n) is 9.57. The molecule has 2 nitrogen and oxygen atoms in total. The third kappa shape index (κ3) is 3.65. The van der Waals surface area contributed by atoms with E-state index in [1.54, 1.807) is 0 Å². The Balaban J connectivity index is 2.52. The third-order valence-corrected chi connectivity index (χ3v) is 3.08. The van der Waals surface area contributed by atoms with Crippen LogP contribution < -0.4 is 0 Å². The van der Waals surface area contributed by atoms with E-state index in [1.165, 1.54) is 0 Å². The first-order valence-electron chi connectivity index (χ1n) is 5.34. The molecule has 0 N–H and O–H groups in total. The van der Waals surface area contributed by atoms with Gasteiger partial charge in [-0.3, -0.25) is 0 Å². The summed E-state index contributed by atoms with van der Waals surface area (Å²) in [6, 6.07) is 7.62. The van der Waals surface area contributed by atoms with E-state index >= 15 is 0 Å². The van der Waals surface area contributed by atoms with Crippen LogP contribution in [0.1, 0.15) is 19.4 Å². The van der Waals surface area contributed by atoms with Gasteiger partial charge in [0.2, 0.25) is 0 Å². The number of hydrogen-bond acceptors (Lipinski definition) is 2. The summed E-state index contributed by atoms with van der Waals surface area (Å²) in [4.78, 5) is 1.99. The second-order valence-corrected chi connectivity index (χ2v) is 4.07. The maximum atomic E-state index is 6.02. The van der Waals surface area contributed by atoms with E-state index in [0.29, 0.717) is 16.8 Å². The second kappa shape index (κ2) is 6.71.